The summed E-state index contributed by atoms with van der Waals surface area (Å²) in [6, 6.07) is 24.4. The standard InChI is InChI=1S/C26H22N2O3/c1-17-12-14-20(15-13-17)26(30)21-10-6-7-11-23(21)28(25(26)29)16-22-18(2)31-24(27-22)19-8-4-3-5-9-19/h3-15,30H,16H2,1-2H3. The Balaban J connectivity index is 1.55. The van der Waals surface area contributed by atoms with Crippen LogP contribution in [-0.4, -0.2) is 16.0 Å². The van der Waals surface area contributed by atoms with Crippen molar-refractivity contribution in [3.8, 4) is 11.5 Å². The topological polar surface area (TPSA) is 66.6 Å². The van der Waals surface area contributed by atoms with Crippen LogP contribution in [0.2, 0.25) is 0 Å². The van der Waals surface area contributed by atoms with Crippen molar-refractivity contribution in [1.29, 1.82) is 0 Å². The van der Waals surface area contributed by atoms with Gasteiger partial charge in [-0.1, -0.05) is 66.2 Å². The second-order valence-electron chi connectivity index (χ2n) is 7.87. The van der Waals surface area contributed by atoms with Gasteiger partial charge in [-0.3, -0.25) is 4.79 Å². The van der Waals surface area contributed by atoms with Gasteiger partial charge in [0.25, 0.3) is 5.91 Å². The number of fused-ring (bicyclic) bond motifs is 1. The lowest BCUT2D eigenvalue weighted by atomic mass is 9.87. The lowest BCUT2D eigenvalue weighted by Crippen LogP contribution is -2.41. The van der Waals surface area contributed by atoms with E-state index in [1.54, 1.807) is 11.0 Å². The van der Waals surface area contributed by atoms with E-state index in [1.807, 2.05) is 86.6 Å². The third-order valence-corrected chi connectivity index (χ3v) is 5.83. The average molecular weight is 410 g/mol. The van der Waals surface area contributed by atoms with Gasteiger partial charge in [-0.25, -0.2) is 4.98 Å². The van der Waals surface area contributed by atoms with Gasteiger partial charge in [0, 0.05) is 11.1 Å². The molecule has 1 atom stereocenters. The summed E-state index contributed by atoms with van der Waals surface area (Å²) in [6.07, 6.45) is 0. The largest absolute Gasteiger partial charge is 0.441 e. The Morgan fingerprint density at radius 2 is 1.61 bits per heavy atom. The van der Waals surface area contributed by atoms with E-state index >= 15 is 0 Å². The number of anilines is 1. The number of benzene rings is 3. The van der Waals surface area contributed by atoms with Crippen LogP contribution in [0.25, 0.3) is 11.5 Å². The van der Waals surface area contributed by atoms with Crippen LogP contribution in [0, 0.1) is 13.8 Å². The molecule has 1 N–H and O–H groups in total. The molecule has 3 aromatic carbocycles. The maximum atomic E-state index is 13.6. The fraction of sp³-hybridized carbons (Fsp3) is 0.154. The van der Waals surface area contributed by atoms with Gasteiger partial charge < -0.3 is 14.4 Å². The lowest BCUT2D eigenvalue weighted by Gasteiger charge is -2.23. The summed E-state index contributed by atoms with van der Waals surface area (Å²) in [5.41, 5.74) is 2.68. The van der Waals surface area contributed by atoms with Crippen molar-refractivity contribution in [3.63, 3.8) is 0 Å². The summed E-state index contributed by atoms with van der Waals surface area (Å²) in [6.45, 7) is 4.03. The van der Waals surface area contributed by atoms with Gasteiger partial charge in [0.1, 0.15) is 11.5 Å². The highest BCUT2D eigenvalue weighted by Crippen LogP contribution is 2.45. The van der Waals surface area contributed by atoms with Gasteiger partial charge >= 0.3 is 0 Å². The monoisotopic (exact) mass is 410 g/mol. The first-order chi connectivity index (χ1) is 15.0. The Morgan fingerprint density at radius 3 is 2.35 bits per heavy atom. The Kier molecular flexibility index (Phi) is 4.49. The van der Waals surface area contributed by atoms with Crippen LogP contribution in [0.3, 0.4) is 0 Å². The lowest BCUT2D eigenvalue weighted by molar-refractivity contribution is -0.132. The quantitative estimate of drug-likeness (QED) is 0.528. The Hall–Kier alpha value is -3.70. The first kappa shape index (κ1) is 19.3. The summed E-state index contributed by atoms with van der Waals surface area (Å²) in [5.74, 6) is 0.776. The molecule has 1 aliphatic heterocycles. The summed E-state index contributed by atoms with van der Waals surface area (Å²) in [7, 11) is 0. The molecule has 5 heteroatoms. The molecule has 5 nitrogen and oxygen atoms in total. The Labute approximate surface area is 180 Å². The van der Waals surface area contributed by atoms with Crippen LogP contribution < -0.4 is 4.90 Å². The van der Waals surface area contributed by atoms with Crippen molar-refractivity contribution >= 4 is 11.6 Å². The second kappa shape index (κ2) is 7.22. The Morgan fingerprint density at radius 1 is 0.935 bits per heavy atom. The smallest absolute Gasteiger partial charge is 0.268 e. The molecule has 0 bridgehead atoms. The van der Waals surface area contributed by atoms with Crippen molar-refractivity contribution < 1.29 is 14.3 Å². The van der Waals surface area contributed by atoms with Crippen LogP contribution in [0.5, 0.6) is 0 Å². The zero-order chi connectivity index (χ0) is 21.6. The number of aromatic nitrogens is 1. The summed E-state index contributed by atoms with van der Waals surface area (Å²) in [4.78, 5) is 19.8. The van der Waals surface area contributed by atoms with Crippen molar-refractivity contribution in [1.82, 2.24) is 4.98 Å². The van der Waals surface area contributed by atoms with Crippen LogP contribution in [0.1, 0.15) is 28.1 Å². The molecular formula is C26H22N2O3. The highest BCUT2D eigenvalue weighted by Gasteiger charge is 2.51. The van der Waals surface area contributed by atoms with Gasteiger partial charge in [0.15, 0.2) is 5.60 Å². The van der Waals surface area contributed by atoms with Gasteiger partial charge in [0.2, 0.25) is 5.89 Å². The van der Waals surface area contributed by atoms with E-state index in [4.69, 9.17) is 4.42 Å². The molecule has 1 unspecified atom stereocenters. The predicted octanol–water partition coefficient (Wildman–Crippen LogP) is 4.74. The minimum atomic E-state index is -1.73. The van der Waals surface area contributed by atoms with Crippen LogP contribution in [0.15, 0.2) is 83.3 Å². The van der Waals surface area contributed by atoms with Crippen molar-refractivity contribution in [3.05, 3.63) is 107 Å². The first-order valence-electron chi connectivity index (χ1n) is 10.2. The number of para-hydroxylation sites is 1. The molecule has 1 aromatic heterocycles. The first-order valence-corrected chi connectivity index (χ1v) is 10.2. The number of carbonyl (C=O) groups is 1. The summed E-state index contributed by atoms with van der Waals surface area (Å²) >= 11 is 0. The molecule has 31 heavy (non-hydrogen) atoms. The zero-order valence-electron chi connectivity index (χ0n) is 17.4. The van der Waals surface area contributed by atoms with E-state index in [0.717, 1.165) is 11.1 Å². The third-order valence-electron chi connectivity index (χ3n) is 5.83. The van der Waals surface area contributed by atoms with Crippen LogP contribution >= 0.6 is 0 Å². The number of hydrogen-bond acceptors (Lipinski definition) is 4. The molecule has 4 aromatic rings. The van der Waals surface area contributed by atoms with Crippen molar-refractivity contribution in [2.45, 2.75) is 26.0 Å². The molecule has 2 heterocycles. The van der Waals surface area contributed by atoms with Gasteiger partial charge in [-0.2, -0.15) is 0 Å². The van der Waals surface area contributed by atoms with Crippen molar-refractivity contribution in [2.24, 2.45) is 0 Å². The molecule has 0 radical (unpaired) electrons. The number of carbonyl (C=O) groups excluding carboxylic acids is 1. The van der Waals surface area contributed by atoms with E-state index in [0.29, 0.717) is 34.2 Å². The molecule has 0 fully saturated rings. The Bertz CT molecular complexity index is 1260. The highest BCUT2D eigenvalue weighted by molar-refractivity contribution is 6.09. The predicted molar refractivity (Wildman–Crippen MR) is 118 cm³/mol. The van der Waals surface area contributed by atoms with Gasteiger partial charge in [-0.05, 0) is 37.6 Å². The van der Waals surface area contributed by atoms with Crippen LogP contribution in [-0.2, 0) is 16.9 Å². The molecule has 1 aliphatic rings. The number of nitrogens with zero attached hydrogens (tertiary/aromatic N) is 2. The van der Waals surface area contributed by atoms with E-state index in [9.17, 15) is 9.90 Å². The second-order valence-corrected chi connectivity index (χ2v) is 7.87. The summed E-state index contributed by atoms with van der Waals surface area (Å²) in [5, 5.41) is 11.6. The molecule has 0 spiro atoms. The number of aliphatic hydroxyl groups is 1. The SMILES string of the molecule is Cc1ccc(C2(O)C(=O)N(Cc3nc(-c4ccccc4)oc3C)c3ccccc32)cc1. The third kappa shape index (κ3) is 3.05. The molecule has 154 valence electrons. The maximum absolute atomic E-state index is 13.6. The number of amides is 1. The minimum absolute atomic E-state index is 0.214. The molecular weight excluding hydrogens is 388 g/mol. The van der Waals surface area contributed by atoms with Crippen molar-refractivity contribution in [2.75, 3.05) is 4.90 Å². The van der Waals surface area contributed by atoms with E-state index in [-0.39, 0.29) is 12.5 Å². The number of rotatable bonds is 4. The number of oxazole rings is 1. The molecule has 1 amide bonds. The fourth-order valence-electron chi connectivity index (χ4n) is 4.09. The number of aryl methyl sites for hydroxylation is 2. The summed E-state index contributed by atoms with van der Waals surface area (Å²) < 4.78 is 5.87. The highest BCUT2D eigenvalue weighted by atomic mass is 16.4. The van der Waals surface area contributed by atoms with Crippen LogP contribution in [0.4, 0.5) is 5.69 Å². The molecule has 0 aliphatic carbocycles. The van der Waals surface area contributed by atoms with Gasteiger partial charge in [-0.15, -0.1) is 0 Å². The molecule has 0 saturated heterocycles. The maximum Gasteiger partial charge on any atom is 0.268 e. The van der Waals surface area contributed by atoms with E-state index in [2.05, 4.69) is 4.98 Å². The fourth-order valence-corrected chi connectivity index (χ4v) is 4.09. The normalized spacial score (nSPS) is 17.8. The van der Waals surface area contributed by atoms with E-state index in [1.165, 1.54) is 0 Å². The molecule has 5 rings (SSSR count). The number of hydrogen-bond donors (Lipinski definition) is 1. The van der Waals surface area contributed by atoms with E-state index < -0.39 is 5.60 Å². The van der Waals surface area contributed by atoms with Gasteiger partial charge in [0.05, 0.1) is 12.2 Å². The molecule has 0 saturated carbocycles. The minimum Gasteiger partial charge on any atom is -0.441 e. The zero-order valence-corrected chi connectivity index (χ0v) is 17.4. The average Bonchev–Trinajstić information content (AvgIpc) is 3.27.